The molecule has 1 aliphatic rings. The van der Waals surface area contributed by atoms with Crippen molar-refractivity contribution in [2.24, 2.45) is 5.92 Å². The zero-order valence-corrected chi connectivity index (χ0v) is 16.0. The summed E-state index contributed by atoms with van der Waals surface area (Å²) in [7, 11) is 1.25. The number of hydrogen-bond acceptors (Lipinski definition) is 4. The topological polar surface area (TPSA) is 79.0 Å². The summed E-state index contributed by atoms with van der Waals surface area (Å²) in [6, 6.07) is 7.47. The minimum Gasteiger partial charge on any atom is -0.497 e. The largest absolute Gasteiger partial charge is 0.497 e. The van der Waals surface area contributed by atoms with E-state index in [1.54, 1.807) is 7.11 Å². The van der Waals surface area contributed by atoms with Gasteiger partial charge in [0.2, 0.25) is 5.91 Å². The van der Waals surface area contributed by atoms with Gasteiger partial charge in [0.05, 0.1) is 13.2 Å². The normalized spacial score (nSPS) is 18.1. The minimum atomic E-state index is -3.40. The van der Waals surface area contributed by atoms with Crippen molar-refractivity contribution >= 4 is 16.1 Å². The number of rotatable bonds is 6. The lowest BCUT2D eigenvalue weighted by Gasteiger charge is -2.32. The second kappa shape index (κ2) is 8.16. The molecule has 1 heterocycles. The van der Waals surface area contributed by atoms with E-state index in [-0.39, 0.29) is 17.9 Å². The van der Waals surface area contributed by atoms with Gasteiger partial charge in [-0.1, -0.05) is 12.1 Å². The van der Waals surface area contributed by atoms with Gasteiger partial charge < -0.3 is 10.1 Å². The molecule has 1 atom stereocenters. The molecule has 0 unspecified atom stereocenters. The molecule has 1 N–H and O–H groups in total. The molecule has 0 radical (unpaired) electrons. The maximum Gasteiger partial charge on any atom is 0.281 e. The first-order valence-corrected chi connectivity index (χ1v) is 9.77. The predicted molar refractivity (Wildman–Crippen MR) is 96.5 cm³/mol. The van der Waals surface area contributed by atoms with E-state index >= 15 is 0 Å². The van der Waals surface area contributed by atoms with E-state index < -0.39 is 10.2 Å². The summed E-state index contributed by atoms with van der Waals surface area (Å²) in [4.78, 5) is 12.5. The number of hydrogen-bond donors (Lipinski definition) is 1. The van der Waals surface area contributed by atoms with Crippen LogP contribution >= 0.6 is 0 Å². The third-order valence-electron chi connectivity index (χ3n) is 4.59. The molecular formula is C17H27N3O4S. The van der Waals surface area contributed by atoms with Crippen molar-refractivity contribution in [1.82, 2.24) is 13.9 Å². The highest BCUT2D eigenvalue weighted by molar-refractivity contribution is 7.86. The fourth-order valence-electron chi connectivity index (χ4n) is 2.89. The smallest absolute Gasteiger partial charge is 0.281 e. The van der Waals surface area contributed by atoms with Gasteiger partial charge in [0.1, 0.15) is 5.75 Å². The Kier molecular flexibility index (Phi) is 6.42. The van der Waals surface area contributed by atoms with E-state index in [0.29, 0.717) is 25.9 Å². The van der Waals surface area contributed by atoms with Crippen molar-refractivity contribution in [3.63, 3.8) is 0 Å². The molecule has 25 heavy (non-hydrogen) atoms. The number of benzene rings is 1. The molecule has 8 heteroatoms. The van der Waals surface area contributed by atoms with Crippen molar-refractivity contribution in [1.29, 1.82) is 0 Å². The Balaban J connectivity index is 1.89. The molecule has 2 rings (SSSR count). The maximum atomic E-state index is 12.5. The molecule has 1 fully saturated rings. The van der Waals surface area contributed by atoms with Gasteiger partial charge in [-0.15, -0.1) is 0 Å². The minimum absolute atomic E-state index is 0.0229. The Hall–Kier alpha value is -1.64. The van der Waals surface area contributed by atoms with Crippen LogP contribution in [-0.4, -0.2) is 57.2 Å². The zero-order chi connectivity index (χ0) is 18.6. The molecule has 1 aromatic carbocycles. The highest BCUT2D eigenvalue weighted by Crippen LogP contribution is 2.23. The van der Waals surface area contributed by atoms with Crippen LogP contribution < -0.4 is 10.1 Å². The van der Waals surface area contributed by atoms with Crippen molar-refractivity contribution in [2.45, 2.75) is 25.8 Å². The van der Waals surface area contributed by atoms with Gasteiger partial charge in [0.15, 0.2) is 0 Å². The Morgan fingerprint density at radius 3 is 2.28 bits per heavy atom. The number of piperidine rings is 1. The SMILES string of the molecule is COc1ccc([C@H](C)NC(=O)C2CCN(S(=O)(=O)N(C)C)CC2)cc1. The summed E-state index contributed by atoms with van der Waals surface area (Å²) in [6.45, 7) is 2.68. The van der Waals surface area contributed by atoms with Gasteiger partial charge in [-0.3, -0.25) is 4.79 Å². The van der Waals surface area contributed by atoms with Crippen LogP contribution in [-0.2, 0) is 15.0 Å². The Labute approximate surface area is 150 Å². The summed E-state index contributed by atoms with van der Waals surface area (Å²) in [5, 5.41) is 3.02. The van der Waals surface area contributed by atoms with Gasteiger partial charge in [-0.25, -0.2) is 0 Å². The first kappa shape index (κ1) is 19.7. The number of ether oxygens (including phenoxy) is 1. The average Bonchev–Trinajstić information content (AvgIpc) is 2.61. The van der Waals surface area contributed by atoms with Crippen molar-refractivity contribution in [2.75, 3.05) is 34.3 Å². The maximum absolute atomic E-state index is 12.5. The van der Waals surface area contributed by atoms with E-state index in [1.165, 1.54) is 22.7 Å². The lowest BCUT2D eigenvalue weighted by molar-refractivity contribution is -0.126. The van der Waals surface area contributed by atoms with Crippen LogP contribution in [0.15, 0.2) is 24.3 Å². The molecule has 0 bridgehead atoms. The third kappa shape index (κ3) is 4.71. The molecule has 0 spiro atoms. The predicted octanol–water partition coefficient (Wildman–Crippen LogP) is 1.39. The summed E-state index contributed by atoms with van der Waals surface area (Å²) in [5.41, 5.74) is 1.00. The van der Waals surface area contributed by atoms with Gasteiger partial charge in [0, 0.05) is 33.1 Å². The number of nitrogens with zero attached hydrogens (tertiary/aromatic N) is 2. The van der Waals surface area contributed by atoms with Crippen LogP contribution in [0.2, 0.25) is 0 Å². The van der Waals surface area contributed by atoms with Crippen LogP contribution in [0.5, 0.6) is 5.75 Å². The Morgan fingerprint density at radius 2 is 1.80 bits per heavy atom. The number of amides is 1. The van der Waals surface area contributed by atoms with E-state index in [4.69, 9.17) is 4.74 Å². The van der Waals surface area contributed by atoms with Crippen molar-refractivity contribution < 1.29 is 17.9 Å². The monoisotopic (exact) mass is 369 g/mol. The third-order valence-corrected chi connectivity index (χ3v) is 6.53. The molecule has 140 valence electrons. The van der Waals surface area contributed by atoms with Gasteiger partial charge in [-0.05, 0) is 37.5 Å². The fraction of sp³-hybridized carbons (Fsp3) is 0.588. The van der Waals surface area contributed by atoms with Crippen LogP contribution in [0.3, 0.4) is 0 Å². The second-order valence-electron chi connectivity index (χ2n) is 6.47. The number of carbonyl (C=O) groups is 1. The highest BCUT2D eigenvalue weighted by Gasteiger charge is 2.32. The molecule has 7 nitrogen and oxygen atoms in total. The van der Waals surface area contributed by atoms with E-state index in [9.17, 15) is 13.2 Å². The molecule has 1 aliphatic heterocycles. The molecule has 0 saturated carbocycles. The number of methoxy groups -OCH3 is 1. The van der Waals surface area contributed by atoms with Crippen LogP contribution in [0, 0.1) is 5.92 Å². The summed E-state index contributed by atoms with van der Waals surface area (Å²) < 4.78 is 32.0. The Bertz CT molecular complexity index is 680. The molecule has 1 amide bonds. The summed E-state index contributed by atoms with van der Waals surface area (Å²) in [6.07, 6.45) is 1.07. The second-order valence-corrected chi connectivity index (χ2v) is 8.61. The number of nitrogens with one attached hydrogen (secondary N) is 1. The van der Waals surface area contributed by atoms with Crippen molar-refractivity contribution in [3.8, 4) is 5.75 Å². The first-order chi connectivity index (χ1) is 11.8. The lowest BCUT2D eigenvalue weighted by atomic mass is 9.96. The molecule has 0 aliphatic carbocycles. The molecule has 1 saturated heterocycles. The fourth-order valence-corrected chi connectivity index (χ4v) is 4.02. The van der Waals surface area contributed by atoms with Crippen LogP contribution in [0.4, 0.5) is 0 Å². The van der Waals surface area contributed by atoms with Crippen molar-refractivity contribution in [3.05, 3.63) is 29.8 Å². The summed E-state index contributed by atoms with van der Waals surface area (Å²) in [5.74, 6) is 0.594. The van der Waals surface area contributed by atoms with Gasteiger partial charge in [0.25, 0.3) is 10.2 Å². The van der Waals surface area contributed by atoms with Crippen LogP contribution in [0.1, 0.15) is 31.4 Å². The number of carbonyl (C=O) groups excluding carboxylic acids is 1. The van der Waals surface area contributed by atoms with Gasteiger partial charge in [-0.2, -0.15) is 17.0 Å². The highest BCUT2D eigenvalue weighted by atomic mass is 32.2. The van der Waals surface area contributed by atoms with E-state index in [1.807, 2.05) is 31.2 Å². The quantitative estimate of drug-likeness (QED) is 0.822. The van der Waals surface area contributed by atoms with Gasteiger partial charge >= 0.3 is 0 Å². The van der Waals surface area contributed by atoms with E-state index in [2.05, 4.69) is 5.32 Å². The lowest BCUT2D eigenvalue weighted by Crippen LogP contribution is -2.47. The molecular weight excluding hydrogens is 342 g/mol. The molecule has 1 aromatic rings. The Morgan fingerprint density at radius 1 is 1.24 bits per heavy atom. The standard InChI is InChI=1S/C17H27N3O4S/c1-13(14-5-7-16(24-4)8-6-14)18-17(21)15-9-11-20(12-10-15)25(22,23)19(2)3/h5-8,13,15H,9-12H2,1-4H3,(H,18,21)/t13-/m0/s1. The first-order valence-electron chi connectivity index (χ1n) is 8.37. The average molecular weight is 369 g/mol. The zero-order valence-electron chi connectivity index (χ0n) is 15.2. The van der Waals surface area contributed by atoms with E-state index in [0.717, 1.165) is 11.3 Å². The molecule has 0 aromatic heterocycles. The van der Waals surface area contributed by atoms with Crippen LogP contribution in [0.25, 0.3) is 0 Å². The summed E-state index contributed by atoms with van der Waals surface area (Å²) >= 11 is 0.